The van der Waals surface area contributed by atoms with Crippen LogP contribution in [-0.4, -0.2) is 75.7 Å². The molecule has 1 aliphatic rings. The second-order valence-corrected chi connectivity index (χ2v) is 13.8. The number of fused-ring (bicyclic) bond motifs is 2. The molecule has 1 saturated heterocycles. The molecule has 1 unspecified atom stereocenters. The third-order valence-corrected chi connectivity index (χ3v) is 9.40. The quantitative estimate of drug-likeness (QED) is 0.176. The predicted molar refractivity (Wildman–Crippen MR) is 182 cm³/mol. The maximum Gasteiger partial charge on any atom is 0.337 e. The fraction of sp³-hybridized carbons (Fsp3) is 0.353. The molecule has 2 aromatic heterocycles. The minimum atomic E-state index is -1.20. The Kier molecular flexibility index (Phi) is 8.53. The molecule has 0 aliphatic carbocycles. The van der Waals surface area contributed by atoms with Crippen LogP contribution in [0.2, 0.25) is 5.02 Å². The topological polar surface area (TPSA) is 110 Å². The third-order valence-electron chi connectivity index (χ3n) is 8.01. The van der Waals surface area contributed by atoms with Gasteiger partial charge in [-0.1, -0.05) is 23.7 Å². The number of nitrogens with zero attached hydrogens (tertiary/aromatic N) is 5. The van der Waals surface area contributed by atoms with Gasteiger partial charge in [-0.05, 0) is 75.2 Å². The number of ether oxygens (including phenoxy) is 2. The number of amides is 2. The Morgan fingerprint density at radius 2 is 1.83 bits per heavy atom. The van der Waals surface area contributed by atoms with Crippen molar-refractivity contribution in [2.45, 2.75) is 39.4 Å². The minimum Gasteiger partial charge on any atom is -0.479 e. The zero-order chi connectivity index (χ0) is 32.9. The molecular formula is C34H36ClN5O5S. The zero-order valence-corrected chi connectivity index (χ0v) is 28.2. The van der Waals surface area contributed by atoms with E-state index < -0.39 is 17.7 Å². The largest absolute Gasteiger partial charge is 0.479 e. The van der Waals surface area contributed by atoms with Crippen molar-refractivity contribution >= 4 is 61.9 Å². The Morgan fingerprint density at radius 1 is 1.11 bits per heavy atom. The first-order valence-electron chi connectivity index (χ1n) is 15.0. The third kappa shape index (κ3) is 5.95. The number of aryl methyl sites for hydroxylation is 2. The van der Waals surface area contributed by atoms with Crippen molar-refractivity contribution in [1.29, 1.82) is 0 Å². The molecule has 0 spiro atoms. The smallest absolute Gasteiger partial charge is 0.337 e. The molecule has 240 valence electrons. The van der Waals surface area contributed by atoms with Crippen LogP contribution in [0.4, 0.5) is 10.6 Å². The van der Waals surface area contributed by atoms with E-state index in [2.05, 4.69) is 0 Å². The number of halogens is 1. The number of urea groups is 1. The van der Waals surface area contributed by atoms with Gasteiger partial charge in [0.2, 0.25) is 0 Å². The number of methoxy groups -OCH3 is 1. The van der Waals surface area contributed by atoms with Crippen molar-refractivity contribution in [1.82, 2.24) is 19.7 Å². The highest BCUT2D eigenvalue weighted by Crippen LogP contribution is 2.45. The summed E-state index contributed by atoms with van der Waals surface area (Å²) in [5.41, 5.74) is 4.75. The molecule has 3 aromatic carbocycles. The molecule has 1 N–H and O–H groups in total. The number of carbonyl (C=O) groups excluding carboxylic acids is 1. The van der Waals surface area contributed by atoms with E-state index in [0.717, 1.165) is 48.4 Å². The van der Waals surface area contributed by atoms with Gasteiger partial charge in [-0.3, -0.25) is 9.58 Å². The van der Waals surface area contributed by atoms with E-state index in [9.17, 15) is 14.7 Å². The molecule has 1 atom stereocenters. The summed E-state index contributed by atoms with van der Waals surface area (Å²) in [4.78, 5) is 34.5. The van der Waals surface area contributed by atoms with E-state index in [1.54, 1.807) is 33.7 Å². The van der Waals surface area contributed by atoms with Gasteiger partial charge in [0.1, 0.15) is 5.01 Å². The SMILES string of the molecule is COCCN1CCN(c2nn(C)c3ccc(-c4nc5cc(C)c(C(OC(C)(C)C)C(=O)O)c(-c6ccc(Cl)cc6)c5s4)cc23)C1=O. The van der Waals surface area contributed by atoms with Gasteiger partial charge in [-0.25, -0.2) is 14.6 Å². The fourth-order valence-corrected chi connectivity index (χ4v) is 7.18. The lowest BCUT2D eigenvalue weighted by Gasteiger charge is -2.28. The lowest BCUT2D eigenvalue weighted by atomic mass is 9.91. The Bertz CT molecular complexity index is 1960. The van der Waals surface area contributed by atoms with Crippen LogP contribution in [0.25, 0.3) is 42.8 Å². The monoisotopic (exact) mass is 661 g/mol. The number of carboxylic acids is 1. The van der Waals surface area contributed by atoms with Crippen molar-refractivity contribution in [2.24, 2.45) is 7.05 Å². The van der Waals surface area contributed by atoms with Gasteiger partial charge in [0.05, 0.1) is 27.9 Å². The molecule has 1 aliphatic heterocycles. The van der Waals surface area contributed by atoms with Gasteiger partial charge in [0, 0.05) is 60.9 Å². The van der Waals surface area contributed by atoms with Crippen LogP contribution in [0.5, 0.6) is 0 Å². The average molecular weight is 662 g/mol. The van der Waals surface area contributed by atoms with Gasteiger partial charge >= 0.3 is 12.0 Å². The van der Waals surface area contributed by atoms with Gasteiger partial charge in [0.15, 0.2) is 11.9 Å². The molecule has 1 fully saturated rings. The summed E-state index contributed by atoms with van der Waals surface area (Å²) in [6.45, 7) is 9.56. The molecule has 0 bridgehead atoms. The second-order valence-electron chi connectivity index (χ2n) is 12.4. The van der Waals surface area contributed by atoms with Crippen LogP contribution in [0, 0.1) is 6.92 Å². The summed E-state index contributed by atoms with van der Waals surface area (Å²) in [6.07, 6.45) is -1.20. The molecular weight excluding hydrogens is 626 g/mol. The molecule has 0 saturated carbocycles. The van der Waals surface area contributed by atoms with Crippen LogP contribution in [0.3, 0.4) is 0 Å². The normalized spacial score (nSPS) is 14.6. The van der Waals surface area contributed by atoms with Crippen LogP contribution in [0.15, 0.2) is 48.5 Å². The Morgan fingerprint density at radius 3 is 2.50 bits per heavy atom. The highest BCUT2D eigenvalue weighted by Gasteiger charge is 2.34. The Hall–Kier alpha value is -4.03. The molecule has 0 radical (unpaired) electrons. The van der Waals surface area contributed by atoms with Crippen molar-refractivity contribution in [3.05, 3.63) is 64.7 Å². The van der Waals surface area contributed by atoms with Gasteiger partial charge < -0.3 is 19.5 Å². The maximum absolute atomic E-state index is 13.3. The highest BCUT2D eigenvalue weighted by molar-refractivity contribution is 7.22. The minimum absolute atomic E-state index is 0.0940. The first-order chi connectivity index (χ1) is 21.9. The molecule has 3 heterocycles. The average Bonchev–Trinajstić information content (AvgIpc) is 3.68. The van der Waals surface area contributed by atoms with Gasteiger partial charge in [0.25, 0.3) is 0 Å². The lowest BCUT2D eigenvalue weighted by Crippen LogP contribution is -2.34. The highest BCUT2D eigenvalue weighted by atomic mass is 35.5. The van der Waals surface area contributed by atoms with Crippen LogP contribution < -0.4 is 4.90 Å². The van der Waals surface area contributed by atoms with Crippen LogP contribution in [0.1, 0.15) is 38.0 Å². The number of carboxylic acid groups (broad SMARTS) is 1. The standard InChI is InChI=1S/C34H36ClN5O5S/c1-19-17-24-29(27(20-7-10-22(35)11-8-20)26(19)28(32(41)42)45-34(2,3)4)46-31(36-24)21-9-12-25-23(18-21)30(37-38(25)5)40-14-13-39(33(40)43)15-16-44-6/h7-12,17-18,28H,13-16H2,1-6H3,(H,41,42). The van der Waals surface area contributed by atoms with E-state index in [0.29, 0.717) is 42.6 Å². The molecule has 5 aromatic rings. The first-order valence-corrected chi connectivity index (χ1v) is 16.2. The lowest BCUT2D eigenvalue weighted by molar-refractivity contribution is -0.160. The fourth-order valence-electron chi connectivity index (χ4n) is 5.93. The number of aromatic nitrogens is 3. The van der Waals surface area contributed by atoms with Crippen molar-refractivity contribution in [3.63, 3.8) is 0 Å². The van der Waals surface area contributed by atoms with E-state index in [1.165, 1.54) is 11.3 Å². The summed E-state index contributed by atoms with van der Waals surface area (Å²) in [7, 11) is 3.49. The van der Waals surface area contributed by atoms with Gasteiger partial charge in [-0.15, -0.1) is 11.3 Å². The van der Waals surface area contributed by atoms with Crippen molar-refractivity contribution < 1.29 is 24.2 Å². The summed E-state index contributed by atoms with van der Waals surface area (Å²) in [6, 6.07) is 15.2. The van der Waals surface area contributed by atoms with E-state index >= 15 is 0 Å². The molecule has 12 heteroatoms. The number of thiazole rings is 1. The van der Waals surface area contributed by atoms with Gasteiger partial charge in [-0.2, -0.15) is 5.10 Å². The maximum atomic E-state index is 13.3. The van der Waals surface area contributed by atoms with Crippen molar-refractivity contribution in [3.8, 4) is 21.7 Å². The Labute approximate surface area is 276 Å². The summed E-state index contributed by atoms with van der Waals surface area (Å²) in [5.74, 6) is -0.460. The molecule has 2 amide bonds. The summed E-state index contributed by atoms with van der Waals surface area (Å²) < 4.78 is 14.0. The predicted octanol–water partition coefficient (Wildman–Crippen LogP) is 7.31. The number of anilines is 1. The number of hydrogen-bond donors (Lipinski definition) is 1. The van der Waals surface area contributed by atoms with Crippen molar-refractivity contribution in [2.75, 3.05) is 38.3 Å². The van der Waals surface area contributed by atoms with Crippen LogP contribution >= 0.6 is 22.9 Å². The summed E-state index contributed by atoms with van der Waals surface area (Å²) >= 11 is 7.74. The van der Waals surface area contributed by atoms with E-state index in [-0.39, 0.29) is 6.03 Å². The van der Waals surface area contributed by atoms with E-state index in [1.807, 2.05) is 71.1 Å². The molecule has 6 rings (SSSR count). The molecule has 10 nitrogen and oxygen atoms in total. The van der Waals surface area contributed by atoms with Crippen LogP contribution in [-0.2, 0) is 21.3 Å². The number of aliphatic carboxylic acids is 1. The zero-order valence-electron chi connectivity index (χ0n) is 26.6. The second kappa shape index (κ2) is 12.3. The number of rotatable bonds is 9. The Balaban J connectivity index is 1.50. The summed E-state index contributed by atoms with van der Waals surface area (Å²) in [5, 5.41) is 17.3. The number of benzene rings is 3. The number of hydrogen-bond acceptors (Lipinski definition) is 7. The first kappa shape index (κ1) is 31.9. The van der Waals surface area contributed by atoms with E-state index in [4.69, 9.17) is 31.2 Å². The number of carbonyl (C=O) groups is 2. The molecule has 46 heavy (non-hydrogen) atoms.